The molecule has 0 spiro atoms. The van der Waals surface area contributed by atoms with Crippen LogP contribution in [0.5, 0.6) is 5.75 Å². The van der Waals surface area contributed by atoms with Gasteiger partial charge in [-0.05, 0) is 92.9 Å². The quantitative estimate of drug-likeness (QED) is 0.425. The number of ether oxygens (including phenoxy) is 1. The smallest absolute Gasteiger partial charge is 0.264 e. The van der Waals surface area contributed by atoms with E-state index in [0.717, 1.165) is 26.7 Å². The summed E-state index contributed by atoms with van der Waals surface area (Å²) in [6.07, 6.45) is 0. The normalized spacial score (nSPS) is 12.1. The van der Waals surface area contributed by atoms with E-state index < -0.39 is 15.9 Å². The number of benzene rings is 3. The second-order valence-electron chi connectivity index (χ2n) is 8.03. The number of sulfonamides is 1. The summed E-state index contributed by atoms with van der Waals surface area (Å²) >= 11 is 5.94. The predicted octanol–water partition coefficient (Wildman–Crippen LogP) is 5.43. The van der Waals surface area contributed by atoms with E-state index in [1.807, 2.05) is 58.0 Å². The fraction of sp³-hybridized carbons (Fsp3) is 0.269. The summed E-state index contributed by atoms with van der Waals surface area (Å²) in [6, 6.07) is 18.3. The lowest BCUT2D eigenvalue weighted by Gasteiger charge is -2.26. The van der Waals surface area contributed by atoms with E-state index in [4.69, 9.17) is 16.3 Å². The van der Waals surface area contributed by atoms with Crippen LogP contribution in [0.25, 0.3) is 0 Å². The fourth-order valence-electron chi connectivity index (χ4n) is 3.45. The van der Waals surface area contributed by atoms with Crippen molar-refractivity contribution in [1.82, 2.24) is 5.32 Å². The molecule has 0 aliphatic carbocycles. The molecule has 3 rings (SSSR count). The van der Waals surface area contributed by atoms with Gasteiger partial charge in [-0.25, -0.2) is 8.42 Å². The van der Waals surface area contributed by atoms with Crippen molar-refractivity contribution in [1.29, 1.82) is 0 Å². The van der Waals surface area contributed by atoms with Gasteiger partial charge in [-0.1, -0.05) is 29.8 Å². The Balaban J connectivity index is 1.86. The lowest BCUT2D eigenvalue weighted by atomic mass is 10.1. The van der Waals surface area contributed by atoms with Crippen LogP contribution in [0.1, 0.15) is 36.6 Å². The Bertz CT molecular complexity index is 1240. The van der Waals surface area contributed by atoms with Crippen LogP contribution in [0, 0.1) is 13.8 Å². The van der Waals surface area contributed by atoms with Gasteiger partial charge in [0.05, 0.1) is 23.2 Å². The van der Waals surface area contributed by atoms with Gasteiger partial charge in [0.25, 0.3) is 10.0 Å². The van der Waals surface area contributed by atoms with Gasteiger partial charge in [-0.15, -0.1) is 0 Å². The minimum absolute atomic E-state index is 0.0579. The van der Waals surface area contributed by atoms with Crippen LogP contribution < -0.4 is 14.4 Å². The molecule has 8 heteroatoms. The number of anilines is 1. The molecule has 0 aromatic heterocycles. The maximum atomic E-state index is 13.5. The highest BCUT2D eigenvalue weighted by atomic mass is 35.5. The van der Waals surface area contributed by atoms with Gasteiger partial charge < -0.3 is 10.1 Å². The molecular formula is C26H29ClN2O4S. The zero-order chi connectivity index (χ0) is 24.9. The first-order valence-corrected chi connectivity index (χ1v) is 12.8. The summed E-state index contributed by atoms with van der Waals surface area (Å²) < 4.78 is 33.6. The van der Waals surface area contributed by atoms with Crippen LogP contribution in [0.15, 0.2) is 71.6 Å². The van der Waals surface area contributed by atoms with Crippen LogP contribution in [-0.2, 0) is 14.8 Å². The molecule has 0 saturated carbocycles. The maximum absolute atomic E-state index is 13.5. The molecule has 0 heterocycles. The van der Waals surface area contributed by atoms with Gasteiger partial charge in [-0.3, -0.25) is 9.10 Å². The van der Waals surface area contributed by atoms with Gasteiger partial charge >= 0.3 is 0 Å². The number of carbonyl (C=O) groups is 1. The monoisotopic (exact) mass is 500 g/mol. The Labute approximate surface area is 206 Å². The maximum Gasteiger partial charge on any atom is 0.264 e. The van der Waals surface area contributed by atoms with Gasteiger partial charge in [0.1, 0.15) is 12.3 Å². The van der Waals surface area contributed by atoms with Crippen LogP contribution in [-0.4, -0.2) is 27.5 Å². The van der Waals surface area contributed by atoms with E-state index in [1.165, 1.54) is 24.3 Å². The SMILES string of the molecule is CCOc1ccc(C(C)NC(=O)CN(c2ccc(C)c(C)c2)S(=O)(=O)c2ccc(Cl)cc2)cc1. The van der Waals surface area contributed by atoms with Crippen molar-refractivity contribution in [2.75, 3.05) is 17.5 Å². The van der Waals surface area contributed by atoms with Gasteiger partial charge in [-0.2, -0.15) is 0 Å². The lowest BCUT2D eigenvalue weighted by Crippen LogP contribution is -2.41. The molecule has 3 aromatic carbocycles. The average Bonchev–Trinajstić information content (AvgIpc) is 2.80. The first kappa shape index (κ1) is 25.6. The third-order valence-electron chi connectivity index (χ3n) is 5.54. The molecule has 180 valence electrons. The Kier molecular flexibility index (Phi) is 8.23. The van der Waals surface area contributed by atoms with E-state index in [-0.39, 0.29) is 17.5 Å². The third kappa shape index (κ3) is 6.10. The van der Waals surface area contributed by atoms with Crippen molar-refractivity contribution in [3.8, 4) is 5.75 Å². The fourth-order valence-corrected chi connectivity index (χ4v) is 4.99. The first-order valence-electron chi connectivity index (χ1n) is 11.0. The molecule has 1 amide bonds. The van der Waals surface area contributed by atoms with Crippen LogP contribution in [0.4, 0.5) is 5.69 Å². The lowest BCUT2D eigenvalue weighted by molar-refractivity contribution is -0.120. The summed E-state index contributed by atoms with van der Waals surface area (Å²) in [4.78, 5) is 13.1. The molecule has 0 saturated heterocycles. The summed E-state index contributed by atoms with van der Waals surface area (Å²) in [5, 5.41) is 3.33. The van der Waals surface area contributed by atoms with E-state index >= 15 is 0 Å². The molecule has 1 N–H and O–H groups in total. The second-order valence-corrected chi connectivity index (χ2v) is 10.3. The minimum atomic E-state index is -4.01. The number of hydrogen-bond donors (Lipinski definition) is 1. The van der Waals surface area contributed by atoms with Gasteiger partial charge in [0, 0.05) is 5.02 Å². The van der Waals surface area contributed by atoms with Gasteiger partial charge in [0.2, 0.25) is 5.91 Å². The molecule has 0 fully saturated rings. The Hall–Kier alpha value is -3.03. The topological polar surface area (TPSA) is 75.7 Å². The van der Waals surface area contributed by atoms with E-state index in [2.05, 4.69) is 5.32 Å². The number of halogens is 1. The van der Waals surface area contributed by atoms with Crippen molar-refractivity contribution in [3.05, 3.63) is 88.4 Å². The van der Waals surface area contributed by atoms with Crippen molar-refractivity contribution >= 4 is 33.2 Å². The average molecular weight is 501 g/mol. The molecule has 0 radical (unpaired) electrons. The highest BCUT2D eigenvalue weighted by Crippen LogP contribution is 2.27. The van der Waals surface area contributed by atoms with E-state index in [9.17, 15) is 13.2 Å². The number of nitrogens with zero attached hydrogens (tertiary/aromatic N) is 1. The molecule has 1 atom stereocenters. The van der Waals surface area contributed by atoms with Crippen LogP contribution >= 0.6 is 11.6 Å². The molecule has 34 heavy (non-hydrogen) atoms. The van der Waals surface area contributed by atoms with Gasteiger partial charge in [0.15, 0.2) is 0 Å². The molecule has 0 aliphatic heterocycles. The molecule has 3 aromatic rings. The minimum Gasteiger partial charge on any atom is -0.494 e. The van der Waals surface area contributed by atoms with Crippen molar-refractivity contribution in [2.45, 2.75) is 38.6 Å². The second kappa shape index (κ2) is 10.9. The summed E-state index contributed by atoms with van der Waals surface area (Å²) in [6.45, 7) is 7.82. The number of aryl methyl sites for hydroxylation is 2. The largest absolute Gasteiger partial charge is 0.494 e. The molecular weight excluding hydrogens is 472 g/mol. The van der Waals surface area contributed by atoms with Crippen LogP contribution in [0.2, 0.25) is 5.02 Å². The zero-order valence-electron chi connectivity index (χ0n) is 19.7. The molecule has 0 bridgehead atoms. The number of rotatable bonds is 9. The first-order chi connectivity index (χ1) is 16.1. The van der Waals surface area contributed by atoms with E-state index in [1.54, 1.807) is 12.1 Å². The summed E-state index contributed by atoms with van der Waals surface area (Å²) in [7, 11) is -4.01. The Morgan fingerprint density at radius 2 is 1.65 bits per heavy atom. The Morgan fingerprint density at radius 3 is 2.24 bits per heavy atom. The molecule has 6 nitrogen and oxygen atoms in total. The number of carbonyl (C=O) groups excluding carboxylic acids is 1. The Morgan fingerprint density at radius 1 is 1.00 bits per heavy atom. The standard InChI is InChI=1S/C26H29ClN2O4S/c1-5-33-24-12-7-21(8-13-24)20(4)28-26(30)17-29(23-11-6-18(2)19(3)16-23)34(31,32)25-14-9-22(27)10-15-25/h6-16,20H,5,17H2,1-4H3,(H,28,30). The highest BCUT2D eigenvalue weighted by Gasteiger charge is 2.28. The summed E-state index contributed by atoms with van der Waals surface area (Å²) in [5.41, 5.74) is 3.26. The predicted molar refractivity (Wildman–Crippen MR) is 136 cm³/mol. The number of amides is 1. The number of hydrogen-bond acceptors (Lipinski definition) is 4. The molecule has 0 aliphatic rings. The third-order valence-corrected chi connectivity index (χ3v) is 7.58. The highest BCUT2D eigenvalue weighted by molar-refractivity contribution is 7.92. The summed E-state index contributed by atoms with van der Waals surface area (Å²) in [5.74, 6) is 0.330. The van der Waals surface area contributed by atoms with E-state index in [0.29, 0.717) is 17.3 Å². The van der Waals surface area contributed by atoms with Crippen LogP contribution in [0.3, 0.4) is 0 Å². The van der Waals surface area contributed by atoms with Crippen molar-refractivity contribution in [2.24, 2.45) is 0 Å². The number of nitrogens with one attached hydrogen (secondary N) is 1. The van der Waals surface area contributed by atoms with Crippen molar-refractivity contribution < 1.29 is 17.9 Å². The zero-order valence-corrected chi connectivity index (χ0v) is 21.3. The van der Waals surface area contributed by atoms with Crippen molar-refractivity contribution in [3.63, 3.8) is 0 Å². The molecule has 1 unspecified atom stereocenters.